The van der Waals surface area contributed by atoms with Gasteiger partial charge < -0.3 is 9.67 Å². The molecule has 4 aromatic rings. The second-order valence-electron chi connectivity index (χ2n) is 7.08. The Morgan fingerprint density at radius 3 is 2.54 bits per heavy atom. The molecule has 142 valence electrons. The molecular weight excluding hydrogens is 352 g/mol. The molecule has 2 aromatic carbocycles. The minimum atomic E-state index is -0.768. The summed E-state index contributed by atoms with van der Waals surface area (Å²) in [5.74, 6) is 0. The highest BCUT2D eigenvalue weighted by Gasteiger charge is 2.12. The van der Waals surface area contributed by atoms with Crippen molar-refractivity contribution in [2.45, 2.75) is 33.0 Å². The zero-order valence-corrected chi connectivity index (χ0v) is 15.9. The van der Waals surface area contributed by atoms with E-state index in [-0.39, 0.29) is 12.1 Å². The van der Waals surface area contributed by atoms with E-state index in [2.05, 4.69) is 30.0 Å². The van der Waals surface area contributed by atoms with Gasteiger partial charge in [-0.3, -0.25) is 4.79 Å². The van der Waals surface area contributed by atoms with Crippen LogP contribution in [0.5, 0.6) is 0 Å². The van der Waals surface area contributed by atoms with Crippen LogP contribution in [0.15, 0.2) is 65.7 Å². The molecule has 1 atom stereocenters. The van der Waals surface area contributed by atoms with E-state index in [9.17, 15) is 9.90 Å². The average molecular weight is 374 g/mol. The first-order valence-electron chi connectivity index (χ1n) is 9.25. The minimum absolute atomic E-state index is 0.115. The summed E-state index contributed by atoms with van der Waals surface area (Å²) in [6.07, 6.45) is 0.957. The number of benzene rings is 2. The molecule has 0 aliphatic carbocycles. The Hall–Kier alpha value is -3.25. The van der Waals surface area contributed by atoms with Crippen molar-refractivity contribution >= 4 is 11.0 Å². The van der Waals surface area contributed by atoms with Crippen LogP contribution in [0.3, 0.4) is 0 Å². The van der Waals surface area contributed by atoms with Crippen molar-refractivity contribution in [3.05, 3.63) is 82.4 Å². The summed E-state index contributed by atoms with van der Waals surface area (Å²) < 4.78 is 3.24. The molecule has 28 heavy (non-hydrogen) atoms. The van der Waals surface area contributed by atoms with Crippen molar-refractivity contribution < 1.29 is 5.11 Å². The van der Waals surface area contributed by atoms with Crippen molar-refractivity contribution in [1.29, 1.82) is 0 Å². The van der Waals surface area contributed by atoms with E-state index in [1.165, 1.54) is 21.9 Å². The van der Waals surface area contributed by atoms with Crippen LogP contribution in [0.4, 0.5) is 0 Å². The topological polar surface area (TPSA) is 72.9 Å². The van der Waals surface area contributed by atoms with Crippen molar-refractivity contribution in [2.75, 3.05) is 0 Å². The summed E-state index contributed by atoms with van der Waals surface area (Å²) in [7, 11) is 0. The summed E-state index contributed by atoms with van der Waals surface area (Å²) in [5.41, 5.74) is 5.63. The fourth-order valence-corrected chi connectivity index (χ4v) is 3.29. The van der Waals surface area contributed by atoms with E-state index < -0.39 is 6.10 Å². The Morgan fingerprint density at radius 1 is 1.00 bits per heavy atom. The third-order valence-electron chi connectivity index (χ3n) is 4.96. The summed E-state index contributed by atoms with van der Waals surface area (Å²) >= 11 is 0. The largest absolute Gasteiger partial charge is 0.389 e. The maximum atomic E-state index is 12.2. The monoisotopic (exact) mass is 374 g/mol. The second kappa shape index (κ2) is 7.40. The fraction of sp³-hybridized carbons (Fsp3) is 0.227. The van der Waals surface area contributed by atoms with Crippen LogP contribution in [0.25, 0.3) is 22.3 Å². The molecule has 2 aromatic heterocycles. The lowest BCUT2D eigenvalue weighted by molar-refractivity contribution is 0.129. The quantitative estimate of drug-likeness (QED) is 0.583. The van der Waals surface area contributed by atoms with E-state index >= 15 is 0 Å². The van der Waals surface area contributed by atoms with Crippen LogP contribution in [-0.4, -0.2) is 30.5 Å². The zero-order chi connectivity index (χ0) is 19.7. The lowest BCUT2D eigenvalue weighted by Gasteiger charge is -2.14. The molecule has 6 nitrogen and oxygen atoms in total. The average Bonchev–Trinajstić information content (AvgIpc) is 3.06. The smallest absolute Gasteiger partial charge is 0.266 e. The molecule has 0 aliphatic heterocycles. The number of nitrogens with zero attached hydrogens (tertiary/aromatic N) is 4. The van der Waals surface area contributed by atoms with Crippen molar-refractivity contribution in [3.8, 4) is 11.3 Å². The summed E-state index contributed by atoms with van der Waals surface area (Å²) in [6, 6.07) is 17.0. The third-order valence-corrected chi connectivity index (χ3v) is 4.96. The number of hydrogen-bond acceptors (Lipinski definition) is 4. The highest BCUT2D eigenvalue weighted by molar-refractivity contribution is 5.77. The normalized spacial score (nSPS) is 12.4. The van der Waals surface area contributed by atoms with Crippen LogP contribution in [0.2, 0.25) is 0 Å². The van der Waals surface area contributed by atoms with Gasteiger partial charge in [0, 0.05) is 11.6 Å². The van der Waals surface area contributed by atoms with E-state index in [0.717, 1.165) is 16.6 Å². The maximum absolute atomic E-state index is 12.2. The van der Waals surface area contributed by atoms with E-state index in [0.29, 0.717) is 12.2 Å². The standard InChI is InChI=1S/C22H22N4O2/c1-15-10-20-21(11-16(15)2)25(14-23-20)12-18(27)13-26-22(28)9-8-19(24-26)17-6-4-3-5-7-17/h3-11,14,18,27H,12-13H2,1-2H3/t18-/m0/s1. The number of aliphatic hydroxyl groups is 1. The van der Waals surface area contributed by atoms with E-state index in [1.807, 2.05) is 41.0 Å². The lowest BCUT2D eigenvalue weighted by Crippen LogP contribution is -2.30. The number of aliphatic hydroxyl groups excluding tert-OH is 1. The predicted molar refractivity (Wildman–Crippen MR) is 109 cm³/mol. The van der Waals surface area contributed by atoms with Gasteiger partial charge in [-0.1, -0.05) is 30.3 Å². The van der Waals surface area contributed by atoms with Crippen molar-refractivity contribution in [1.82, 2.24) is 19.3 Å². The summed E-state index contributed by atoms with van der Waals surface area (Å²) in [5, 5.41) is 15.0. The van der Waals surface area contributed by atoms with Gasteiger partial charge in [0.05, 0.1) is 42.2 Å². The molecule has 0 radical (unpaired) electrons. The predicted octanol–water partition coefficient (Wildman–Crippen LogP) is 2.94. The highest BCUT2D eigenvalue weighted by atomic mass is 16.3. The Kier molecular flexibility index (Phi) is 4.79. The molecule has 0 spiro atoms. The zero-order valence-electron chi connectivity index (χ0n) is 15.9. The molecule has 0 saturated carbocycles. The van der Waals surface area contributed by atoms with Gasteiger partial charge in [-0.2, -0.15) is 5.10 Å². The maximum Gasteiger partial charge on any atom is 0.266 e. The van der Waals surface area contributed by atoms with Gasteiger partial charge in [0.15, 0.2) is 0 Å². The molecule has 0 saturated heterocycles. The minimum Gasteiger partial charge on any atom is -0.389 e. The number of imidazole rings is 1. The van der Waals surface area contributed by atoms with Crippen LogP contribution in [0, 0.1) is 13.8 Å². The molecule has 0 amide bonds. The Labute approximate surface area is 162 Å². The summed E-state index contributed by atoms with van der Waals surface area (Å²) in [6.45, 7) is 4.56. The first-order valence-corrected chi connectivity index (χ1v) is 9.25. The molecule has 0 aliphatic rings. The van der Waals surface area contributed by atoms with Gasteiger partial charge in [0.25, 0.3) is 5.56 Å². The highest BCUT2D eigenvalue weighted by Crippen LogP contribution is 2.19. The second-order valence-corrected chi connectivity index (χ2v) is 7.08. The molecule has 0 unspecified atom stereocenters. The van der Waals surface area contributed by atoms with Crippen LogP contribution in [0.1, 0.15) is 11.1 Å². The van der Waals surface area contributed by atoms with Crippen LogP contribution < -0.4 is 5.56 Å². The molecule has 0 bridgehead atoms. The van der Waals surface area contributed by atoms with Gasteiger partial charge in [-0.25, -0.2) is 9.67 Å². The van der Waals surface area contributed by atoms with Gasteiger partial charge >= 0.3 is 0 Å². The Morgan fingerprint density at radius 2 is 1.75 bits per heavy atom. The molecule has 4 rings (SSSR count). The lowest BCUT2D eigenvalue weighted by atomic mass is 10.1. The molecule has 2 heterocycles. The Balaban J connectivity index is 1.57. The van der Waals surface area contributed by atoms with Gasteiger partial charge in [-0.15, -0.1) is 0 Å². The number of aromatic nitrogens is 4. The van der Waals surface area contributed by atoms with Gasteiger partial charge in [-0.05, 0) is 43.2 Å². The molecule has 0 fully saturated rings. The number of aryl methyl sites for hydroxylation is 2. The fourth-order valence-electron chi connectivity index (χ4n) is 3.29. The third kappa shape index (κ3) is 3.59. The number of fused-ring (bicyclic) bond motifs is 1. The SMILES string of the molecule is Cc1cc2ncn(C[C@H](O)Cn3nc(-c4ccccc4)ccc3=O)c2cc1C. The first kappa shape index (κ1) is 18.1. The van der Waals surface area contributed by atoms with Crippen LogP contribution in [-0.2, 0) is 13.1 Å². The molecule has 1 N–H and O–H groups in total. The summed E-state index contributed by atoms with van der Waals surface area (Å²) in [4.78, 5) is 16.6. The molecule has 6 heteroatoms. The van der Waals surface area contributed by atoms with Crippen molar-refractivity contribution in [3.63, 3.8) is 0 Å². The number of hydrogen-bond donors (Lipinski definition) is 1. The van der Waals surface area contributed by atoms with E-state index in [1.54, 1.807) is 12.4 Å². The van der Waals surface area contributed by atoms with Crippen molar-refractivity contribution in [2.24, 2.45) is 0 Å². The van der Waals surface area contributed by atoms with Gasteiger partial charge in [0.1, 0.15) is 0 Å². The van der Waals surface area contributed by atoms with E-state index in [4.69, 9.17) is 0 Å². The molecular formula is C22H22N4O2. The van der Waals surface area contributed by atoms with Crippen LogP contribution >= 0.6 is 0 Å². The van der Waals surface area contributed by atoms with Gasteiger partial charge in [0.2, 0.25) is 0 Å². The number of rotatable bonds is 5. The first-order chi connectivity index (χ1) is 13.5. The Bertz CT molecular complexity index is 1180.